The number of carbonyl (C=O) groups is 4. The van der Waals surface area contributed by atoms with Crippen LogP contribution in [0.2, 0.25) is 0 Å². The van der Waals surface area contributed by atoms with Crippen LogP contribution >= 0.6 is 0 Å². The Morgan fingerprint density at radius 1 is 0.974 bits per heavy atom. The minimum atomic E-state index is -0.741. The van der Waals surface area contributed by atoms with Gasteiger partial charge in [-0.3, -0.25) is 24.1 Å². The first-order valence-electron chi connectivity index (χ1n) is 12.9. The number of carboxylic acids is 2. The van der Waals surface area contributed by atoms with E-state index < -0.39 is 17.8 Å². The largest absolute Gasteiger partial charge is 0.481 e. The Kier molecular flexibility index (Phi) is 24.4. The Balaban J connectivity index is -0.000000592. The van der Waals surface area contributed by atoms with Crippen molar-refractivity contribution < 1.29 is 48.5 Å². The van der Waals surface area contributed by atoms with Gasteiger partial charge in [-0.1, -0.05) is 55.4 Å². The fourth-order valence-electron chi connectivity index (χ4n) is 2.46. The summed E-state index contributed by atoms with van der Waals surface area (Å²) in [6.45, 7) is 15.0. The summed E-state index contributed by atoms with van der Waals surface area (Å²) < 4.78 is 15.4. The molecule has 2 rings (SSSR count). The molecule has 2 heterocycles. The zero-order valence-electron chi connectivity index (χ0n) is 24.8. The number of primary amides is 1. The normalized spacial score (nSPS) is 19.3. The molecule has 11 heteroatoms. The van der Waals surface area contributed by atoms with Gasteiger partial charge >= 0.3 is 17.9 Å². The van der Waals surface area contributed by atoms with Crippen molar-refractivity contribution in [1.82, 2.24) is 0 Å². The lowest BCUT2D eigenvalue weighted by Gasteiger charge is -2.24. The second kappa shape index (κ2) is 23.4. The number of carbonyl (C=O) groups excluding carboxylic acids is 2. The number of hydrogen-bond acceptors (Lipinski definition) is 7. The van der Waals surface area contributed by atoms with E-state index in [2.05, 4.69) is 4.74 Å². The van der Waals surface area contributed by atoms with Crippen molar-refractivity contribution >= 4 is 23.8 Å². The molecule has 2 aliphatic rings. The van der Waals surface area contributed by atoms with E-state index in [1.54, 1.807) is 61.8 Å². The molecule has 0 aromatic rings. The first-order chi connectivity index (χ1) is 17.7. The third-order valence-corrected chi connectivity index (χ3v) is 4.71. The van der Waals surface area contributed by atoms with Gasteiger partial charge in [0.15, 0.2) is 6.23 Å². The summed E-state index contributed by atoms with van der Waals surface area (Å²) in [5.41, 5.74) is 5.91. The summed E-state index contributed by atoms with van der Waals surface area (Å²) in [7, 11) is 3.25. The number of quaternary nitrogens is 1. The zero-order valence-corrected chi connectivity index (χ0v) is 24.8. The summed E-state index contributed by atoms with van der Waals surface area (Å²) in [6.07, 6.45) is 7.17. The number of ether oxygens (including phenoxy) is 3. The molecule has 0 aromatic heterocycles. The minimum absolute atomic E-state index is 0.0212. The SMILES string of the molecule is CC.CC(C)C(=O)O.CC(C)C(=O)O.CC(C)C(=O)OC[C@@H]1CC[C@H]([NH+]2C=CC=C(C(N)=O)C2)O1.COC. The van der Waals surface area contributed by atoms with E-state index in [1.165, 1.54) is 0 Å². The number of allylic oxidation sites excluding steroid dienone is 2. The third kappa shape index (κ3) is 20.3. The maximum absolute atomic E-state index is 11.4. The van der Waals surface area contributed by atoms with Crippen LogP contribution in [0, 0.1) is 17.8 Å². The fourth-order valence-corrected chi connectivity index (χ4v) is 2.46. The lowest BCUT2D eigenvalue weighted by Crippen LogP contribution is -3.12. The summed E-state index contributed by atoms with van der Waals surface area (Å²) in [4.78, 5) is 43.1. The van der Waals surface area contributed by atoms with Gasteiger partial charge in [0.25, 0.3) is 0 Å². The second-order valence-electron chi connectivity index (χ2n) is 9.17. The van der Waals surface area contributed by atoms with Crippen molar-refractivity contribution in [2.24, 2.45) is 23.5 Å². The van der Waals surface area contributed by atoms with Gasteiger partial charge < -0.3 is 30.2 Å². The van der Waals surface area contributed by atoms with Crippen LogP contribution in [0.5, 0.6) is 0 Å². The minimum Gasteiger partial charge on any atom is -0.481 e. The van der Waals surface area contributed by atoms with E-state index in [4.69, 9.17) is 25.4 Å². The van der Waals surface area contributed by atoms with Gasteiger partial charge in [-0.15, -0.1) is 0 Å². The smallest absolute Gasteiger partial charge is 0.308 e. The molecule has 5 N–H and O–H groups in total. The quantitative estimate of drug-likeness (QED) is 0.350. The number of carboxylic acid groups (broad SMARTS) is 2. The van der Waals surface area contributed by atoms with Crippen LogP contribution in [0.25, 0.3) is 0 Å². The Morgan fingerprint density at radius 3 is 1.79 bits per heavy atom. The van der Waals surface area contributed by atoms with Crippen LogP contribution < -0.4 is 10.6 Å². The van der Waals surface area contributed by atoms with E-state index >= 15 is 0 Å². The second-order valence-corrected chi connectivity index (χ2v) is 9.17. The number of hydrogen-bond donors (Lipinski definition) is 4. The molecular weight excluding hydrogens is 496 g/mol. The van der Waals surface area contributed by atoms with Gasteiger partial charge in [0.05, 0.1) is 35.6 Å². The number of nitrogens with one attached hydrogen (secondary N) is 1. The third-order valence-electron chi connectivity index (χ3n) is 4.71. The molecule has 0 aliphatic carbocycles. The lowest BCUT2D eigenvalue weighted by atomic mass is 10.1. The van der Waals surface area contributed by atoms with Crippen LogP contribution in [0.4, 0.5) is 0 Å². The summed E-state index contributed by atoms with van der Waals surface area (Å²) >= 11 is 0. The molecule has 222 valence electrons. The molecule has 1 amide bonds. The first kappa shape index (κ1) is 39.7. The van der Waals surface area contributed by atoms with Gasteiger partial charge in [-0.05, 0) is 18.6 Å². The van der Waals surface area contributed by atoms with Crippen molar-refractivity contribution in [2.75, 3.05) is 27.4 Å². The van der Waals surface area contributed by atoms with Crippen molar-refractivity contribution in [3.63, 3.8) is 0 Å². The number of methoxy groups -OCH3 is 1. The highest BCUT2D eigenvalue weighted by atomic mass is 16.6. The zero-order chi connectivity index (χ0) is 30.4. The Morgan fingerprint density at radius 2 is 1.42 bits per heavy atom. The predicted octanol–water partition coefficient (Wildman–Crippen LogP) is 2.26. The van der Waals surface area contributed by atoms with Crippen molar-refractivity contribution in [2.45, 2.75) is 80.6 Å². The van der Waals surface area contributed by atoms with Crippen LogP contribution in [-0.4, -0.2) is 73.7 Å². The number of aliphatic carboxylic acids is 2. The summed E-state index contributed by atoms with van der Waals surface area (Å²) in [6, 6.07) is 0. The molecule has 0 saturated carbocycles. The number of rotatable bonds is 7. The number of amides is 1. The molecule has 3 atom stereocenters. The average Bonchev–Trinajstić information content (AvgIpc) is 3.34. The molecular formula is C27H51N2O9+. The standard InChI is InChI=1S/C15H22N2O4.2C4H8O2.C2H6O.C2H6/c1-10(2)15(19)20-9-12-5-6-13(21-12)17-7-3-4-11(8-17)14(16)18;2*1-3(2)4(5)6;1-3-2;1-2/h3-4,7,10,12-13H,5-6,8-9H2,1-2H3,(H2,16,18);2*3H,1-2H3,(H,5,6);1-2H3;1-2H3/p+1/t12-,13+;;;;/m0..../s1. The van der Waals surface area contributed by atoms with E-state index in [-0.39, 0.29) is 36.1 Å². The maximum atomic E-state index is 11.4. The maximum Gasteiger partial charge on any atom is 0.308 e. The molecule has 0 aromatic carbocycles. The summed E-state index contributed by atoms with van der Waals surface area (Å²) in [5, 5.41) is 16.0. The fraction of sp³-hybridized carbons (Fsp3) is 0.704. The van der Waals surface area contributed by atoms with Gasteiger partial charge in [-0.2, -0.15) is 0 Å². The molecule has 11 nitrogen and oxygen atoms in total. The molecule has 1 saturated heterocycles. The highest BCUT2D eigenvalue weighted by molar-refractivity contribution is 5.92. The molecule has 38 heavy (non-hydrogen) atoms. The van der Waals surface area contributed by atoms with Crippen molar-refractivity contribution in [3.05, 3.63) is 23.9 Å². The monoisotopic (exact) mass is 547 g/mol. The predicted molar refractivity (Wildman–Crippen MR) is 145 cm³/mol. The van der Waals surface area contributed by atoms with E-state index in [0.717, 1.165) is 17.7 Å². The Labute approximate surface area is 228 Å². The van der Waals surface area contributed by atoms with Gasteiger partial charge in [0.2, 0.25) is 5.91 Å². The molecule has 1 fully saturated rings. The molecule has 1 unspecified atom stereocenters. The lowest BCUT2D eigenvalue weighted by molar-refractivity contribution is -0.894. The van der Waals surface area contributed by atoms with Gasteiger partial charge in [0.1, 0.15) is 13.2 Å². The first-order valence-corrected chi connectivity index (χ1v) is 12.9. The number of esters is 1. The van der Waals surface area contributed by atoms with Crippen molar-refractivity contribution in [1.29, 1.82) is 0 Å². The molecule has 0 radical (unpaired) electrons. The van der Waals surface area contributed by atoms with Crippen LogP contribution in [0.3, 0.4) is 0 Å². The average molecular weight is 548 g/mol. The van der Waals surface area contributed by atoms with E-state index in [1.807, 2.05) is 26.1 Å². The van der Waals surface area contributed by atoms with E-state index in [0.29, 0.717) is 18.7 Å². The molecule has 0 spiro atoms. The molecule has 0 bridgehead atoms. The topological polar surface area (TPSA) is 167 Å². The molecule has 2 aliphatic heterocycles. The van der Waals surface area contributed by atoms with Crippen LogP contribution in [0.1, 0.15) is 68.2 Å². The van der Waals surface area contributed by atoms with E-state index in [9.17, 15) is 19.2 Å². The highest BCUT2D eigenvalue weighted by Gasteiger charge is 2.34. The van der Waals surface area contributed by atoms with Crippen molar-refractivity contribution in [3.8, 4) is 0 Å². The Hall–Kier alpha value is -2.76. The van der Waals surface area contributed by atoms with Gasteiger partial charge in [0, 0.05) is 20.6 Å². The summed E-state index contributed by atoms with van der Waals surface area (Å²) in [5.74, 6) is -2.66. The van der Waals surface area contributed by atoms with Crippen LogP contribution in [0.15, 0.2) is 23.9 Å². The number of nitrogens with two attached hydrogens (primary N) is 1. The van der Waals surface area contributed by atoms with Gasteiger partial charge in [-0.25, -0.2) is 0 Å². The van der Waals surface area contributed by atoms with Crippen LogP contribution in [-0.2, 0) is 33.4 Å². The Bertz CT molecular complexity index is 729. The highest BCUT2D eigenvalue weighted by Crippen LogP contribution is 2.17.